The highest BCUT2D eigenvalue weighted by molar-refractivity contribution is 8.15. The Morgan fingerprint density at radius 2 is 1.97 bits per heavy atom. The second-order valence-corrected chi connectivity index (χ2v) is 8.25. The van der Waals surface area contributed by atoms with Crippen LogP contribution in [0.5, 0.6) is 5.75 Å². The number of amidine groups is 1. The van der Waals surface area contributed by atoms with E-state index in [1.165, 1.54) is 0 Å². The lowest BCUT2D eigenvalue weighted by molar-refractivity contribution is -0.122. The number of hydrogen-bond acceptors (Lipinski definition) is 6. The van der Waals surface area contributed by atoms with Gasteiger partial charge in [-0.05, 0) is 48.9 Å². The van der Waals surface area contributed by atoms with Gasteiger partial charge in [0.15, 0.2) is 5.17 Å². The van der Waals surface area contributed by atoms with E-state index in [1.807, 2.05) is 31.2 Å². The van der Waals surface area contributed by atoms with E-state index in [1.54, 1.807) is 25.3 Å². The minimum absolute atomic E-state index is 0.0421. The molecule has 0 bridgehead atoms. The number of carbonyl (C=O) groups excluding carboxylic acids is 2. The van der Waals surface area contributed by atoms with Crippen LogP contribution in [0.1, 0.15) is 18.9 Å². The smallest absolute Gasteiger partial charge is 0.240 e. The molecule has 0 aromatic heterocycles. The highest BCUT2D eigenvalue weighted by Gasteiger charge is 2.32. The van der Waals surface area contributed by atoms with Crippen LogP contribution < -0.4 is 15.4 Å². The first-order valence-electron chi connectivity index (χ1n) is 8.85. The van der Waals surface area contributed by atoms with Gasteiger partial charge in [-0.3, -0.25) is 9.59 Å². The molecule has 2 aromatic carbocycles. The van der Waals surface area contributed by atoms with Crippen LogP contribution in [0.4, 0.5) is 5.69 Å². The number of nitrogens with zero attached hydrogens (tertiary/aromatic N) is 2. The maximum Gasteiger partial charge on any atom is 0.240 e. The van der Waals surface area contributed by atoms with Crippen molar-refractivity contribution in [2.45, 2.75) is 18.6 Å². The topological polar surface area (TPSA) is 92.2 Å². The van der Waals surface area contributed by atoms with Crippen LogP contribution in [0.25, 0.3) is 0 Å². The molecule has 156 valence electrons. The van der Waals surface area contributed by atoms with Gasteiger partial charge in [0.25, 0.3) is 0 Å². The molecule has 0 aliphatic carbocycles. The number of anilines is 1. The Labute approximate surface area is 187 Å². The Morgan fingerprint density at radius 3 is 2.67 bits per heavy atom. The maximum absolute atomic E-state index is 12.3. The van der Waals surface area contributed by atoms with Gasteiger partial charge in [-0.1, -0.05) is 41.0 Å². The lowest BCUT2D eigenvalue weighted by Crippen LogP contribution is -2.28. The molecule has 1 heterocycles. The summed E-state index contributed by atoms with van der Waals surface area (Å²) in [6.45, 7) is 1.81. The Kier molecular flexibility index (Phi) is 7.36. The lowest BCUT2D eigenvalue weighted by atomic mass is 10.1. The summed E-state index contributed by atoms with van der Waals surface area (Å²) in [6, 6.07) is 12.3. The van der Waals surface area contributed by atoms with Crippen molar-refractivity contribution in [2.75, 3.05) is 12.4 Å². The number of rotatable bonds is 6. The highest BCUT2D eigenvalue weighted by atomic mass is 35.5. The van der Waals surface area contributed by atoms with Crippen LogP contribution >= 0.6 is 35.0 Å². The molecule has 2 aromatic rings. The fourth-order valence-corrected chi connectivity index (χ4v) is 3.83. The third-order valence-corrected chi connectivity index (χ3v) is 6.06. The van der Waals surface area contributed by atoms with Crippen LogP contribution in [0.3, 0.4) is 0 Å². The summed E-state index contributed by atoms with van der Waals surface area (Å²) in [5.74, 6) is 0.0889. The molecule has 0 unspecified atom stereocenters. The van der Waals surface area contributed by atoms with Gasteiger partial charge in [0.05, 0.1) is 28.6 Å². The molecule has 2 N–H and O–H groups in total. The maximum atomic E-state index is 12.3. The molecule has 0 saturated carbocycles. The number of amides is 2. The van der Waals surface area contributed by atoms with Crippen LogP contribution in [-0.2, 0) is 9.59 Å². The molecule has 1 fully saturated rings. The van der Waals surface area contributed by atoms with Crippen LogP contribution in [0.15, 0.2) is 52.7 Å². The van der Waals surface area contributed by atoms with E-state index >= 15 is 0 Å². The first kappa shape index (κ1) is 22.1. The summed E-state index contributed by atoms with van der Waals surface area (Å²) in [7, 11) is 1.60. The summed E-state index contributed by atoms with van der Waals surface area (Å²) in [4.78, 5) is 24.5. The quantitative estimate of drug-likeness (QED) is 0.491. The van der Waals surface area contributed by atoms with Gasteiger partial charge in [-0.25, -0.2) is 0 Å². The monoisotopic (exact) mass is 464 g/mol. The number of carbonyl (C=O) groups is 2. The average Bonchev–Trinajstić information content (AvgIpc) is 3.08. The minimum Gasteiger partial charge on any atom is -0.497 e. The molecule has 3 rings (SSSR count). The number of halogens is 2. The number of methoxy groups -OCH3 is 1. The van der Waals surface area contributed by atoms with Gasteiger partial charge in [-0.2, -0.15) is 5.10 Å². The third kappa shape index (κ3) is 5.53. The summed E-state index contributed by atoms with van der Waals surface area (Å²) < 4.78 is 5.13. The Morgan fingerprint density at radius 1 is 1.23 bits per heavy atom. The fourth-order valence-electron chi connectivity index (χ4n) is 2.57. The molecule has 0 spiro atoms. The van der Waals surface area contributed by atoms with Crippen molar-refractivity contribution in [1.82, 2.24) is 5.32 Å². The Balaban J connectivity index is 1.61. The van der Waals surface area contributed by atoms with Gasteiger partial charge in [-0.15, -0.1) is 5.10 Å². The normalized spacial score (nSPS) is 17.7. The number of nitrogens with one attached hydrogen (secondary N) is 2. The van der Waals surface area contributed by atoms with Gasteiger partial charge in [0, 0.05) is 6.42 Å². The van der Waals surface area contributed by atoms with Gasteiger partial charge >= 0.3 is 0 Å². The van der Waals surface area contributed by atoms with Crippen LogP contribution in [0.2, 0.25) is 10.0 Å². The van der Waals surface area contributed by atoms with Crippen LogP contribution in [-0.4, -0.2) is 35.1 Å². The zero-order valence-corrected chi connectivity index (χ0v) is 18.4. The Hall–Kier alpha value is -2.55. The zero-order chi connectivity index (χ0) is 21.7. The number of thioether (sulfide) groups is 1. The van der Waals surface area contributed by atoms with E-state index in [9.17, 15) is 9.59 Å². The third-order valence-electron chi connectivity index (χ3n) is 4.17. The first-order chi connectivity index (χ1) is 14.4. The predicted octanol–water partition coefficient (Wildman–Crippen LogP) is 4.34. The number of hydrogen-bond donors (Lipinski definition) is 2. The average molecular weight is 465 g/mol. The number of benzene rings is 2. The summed E-state index contributed by atoms with van der Waals surface area (Å²) in [6.07, 6.45) is -0.0421. The van der Waals surface area contributed by atoms with Crippen molar-refractivity contribution in [1.29, 1.82) is 0 Å². The zero-order valence-electron chi connectivity index (χ0n) is 16.1. The van der Waals surface area contributed by atoms with Crippen molar-refractivity contribution >= 4 is 63.3 Å². The minimum atomic E-state index is -0.613. The van der Waals surface area contributed by atoms with E-state index in [0.717, 1.165) is 23.1 Å². The van der Waals surface area contributed by atoms with E-state index in [-0.39, 0.29) is 23.3 Å². The molecule has 1 saturated heterocycles. The van der Waals surface area contributed by atoms with Crippen molar-refractivity contribution in [3.63, 3.8) is 0 Å². The molecule has 7 nitrogen and oxygen atoms in total. The van der Waals surface area contributed by atoms with Gasteiger partial charge in [0.1, 0.15) is 11.0 Å². The van der Waals surface area contributed by atoms with Crippen molar-refractivity contribution in [3.8, 4) is 5.75 Å². The first-order valence-corrected chi connectivity index (χ1v) is 10.5. The molecule has 0 radical (unpaired) electrons. The molecular formula is C20H18Cl2N4O3S. The molecule has 2 amide bonds. The van der Waals surface area contributed by atoms with E-state index in [2.05, 4.69) is 20.8 Å². The van der Waals surface area contributed by atoms with Crippen molar-refractivity contribution in [2.24, 2.45) is 10.2 Å². The summed E-state index contributed by atoms with van der Waals surface area (Å²) in [5.41, 5.74) is 1.95. The Bertz CT molecular complexity index is 1030. The second-order valence-electron chi connectivity index (χ2n) is 6.27. The van der Waals surface area contributed by atoms with E-state index in [0.29, 0.717) is 21.6 Å². The van der Waals surface area contributed by atoms with E-state index in [4.69, 9.17) is 27.9 Å². The van der Waals surface area contributed by atoms with Gasteiger partial charge < -0.3 is 15.4 Å². The summed E-state index contributed by atoms with van der Waals surface area (Å²) in [5, 5.41) is 13.9. The van der Waals surface area contributed by atoms with Crippen LogP contribution in [0, 0.1) is 0 Å². The second kappa shape index (κ2) is 9.97. The largest absolute Gasteiger partial charge is 0.497 e. The standard InChI is InChI=1S/C20H18Cl2N4O3S/c1-11(12-6-8-13(29-2)9-7-12)25-26-20-24-19(28)16(30-20)10-17(27)23-15-5-3-4-14(21)18(15)22/h3-9,16H,10H2,1-2H3,(H,23,27)(H,24,26,28)/t16-/m1/s1. The SMILES string of the molecule is COc1ccc(C(C)=NN=C2NC(=O)[C@@H](CC(=O)Nc3cccc(Cl)c3Cl)S2)cc1. The van der Waals surface area contributed by atoms with E-state index < -0.39 is 5.25 Å². The molecule has 1 atom stereocenters. The lowest BCUT2D eigenvalue weighted by Gasteiger charge is -2.09. The molecule has 1 aliphatic heterocycles. The molecular weight excluding hydrogens is 447 g/mol. The highest BCUT2D eigenvalue weighted by Crippen LogP contribution is 2.30. The van der Waals surface area contributed by atoms with Gasteiger partial charge in [0.2, 0.25) is 11.8 Å². The molecule has 10 heteroatoms. The fraction of sp³-hybridized carbons (Fsp3) is 0.200. The predicted molar refractivity (Wildman–Crippen MR) is 122 cm³/mol. The number of ether oxygens (including phenoxy) is 1. The molecule has 30 heavy (non-hydrogen) atoms. The molecule has 1 aliphatic rings. The summed E-state index contributed by atoms with van der Waals surface area (Å²) >= 11 is 13.2. The van der Waals surface area contributed by atoms with Crippen molar-refractivity contribution < 1.29 is 14.3 Å². The van der Waals surface area contributed by atoms with Crippen molar-refractivity contribution in [3.05, 3.63) is 58.1 Å².